The van der Waals surface area contributed by atoms with Crippen molar-refractivity contribution in [3.8, 4) is 5.75 Å². The van der Waals surface area contributed by atoms with Gasteiger partial charge in [0.15, 0.2) is 0 Å². The van der Waals surface area contributed by atoms with Gasteiger partial charge in [-0.2, -0.15) is 0 Å². The van der Waals surface area contributed by atoms with Gasteiger partial charge in [0.2, 0.25) is 0 Å². The Bertz CT molecular complexity index is 658. The number of quaternary nitrogens is 1. The van der Waals surface area contributed by atoms with Crippen LogP contribution in [0.25, 0.3) is 0 Å². The minimum absolute atomic E-state index is 0.715. The molecule has 1 fully saturated rings. The largest absolute Gasteiger partial charge is 0.486 e. The molecule has 26 heavy (non-hydrogen) atoms. The van der Waals surface area contributed by atoms with Gasteiger partial charge in [-0.25, -0.2) is 0 Å². The molecule has 1 heterocycles. The lowest BCUT2D eigenvalue weighted by Crippen LogP contribution is -2.51. The molecule has 3 heteroatoms. The first-order chi connectivity index (χ1) is 12.7. The van der Waals surface area contributed by atoms with Gasteiger partial charge in [0.25, 0.3) is 0 Å². The summed E-state index contributed by atoms with van der Waals surface area (Å²) in [6.07, 6.45) is 6.75. The maximum absolute atomic E-state index is 6.33. The van der Waals surface area contributed by atoms with E-state index in [4.69, 9.17) is 16.3 Å². The normalized spacial score (nSPS) is 17.3. The standard InChI is InChI=1S/C23H31ClNO/c1-20-11-10-14-22(24)23(20)26-18-17-25(15-8-3-2-4-9-16-25)19-21-12-6-5-7-13-21/h5-7,10-14H,2-4,8-9,15-19H2,1H3/q+1. The van der Waals surface area contributed by atoms with Crippen molar-refractivity contribution in [2.24, 2.45) is 0 Å². The summed E-state index contributed by atoms with van der Waals surface area (Å²) in [7, 11) is 0. The minimum atomic E-state index is 0.715. The molecule has 0 unspecified atom stereocenters. The van der Waals surface area contributed by atoms with E-state index in [-0.39, 0.29) is 0 Å². The highest BCUT2D eigenvalue weighted by Crippen LogP contribution is 2.28. The Balaban J connectivity index is 1.70. The van der Waals surface area contributed by atoms with Crippen LogP contribution in [-0.2, 0) is 6.54 Å². The van der Waals surface area contributed by atoms with Crippen molar-refractivity contribution < 1.29 is 9.22 Å². The Morgan fingerprint density at radius 1 is 0.885 bits per heavy atom. The maximum Gasteiger partial charge on any atom is 0.141 e. The third kappa shape index (κ3) is 5.25. The molecule has 0 radical (unpaired) electrons. The highest BCUT2D eigenvalue weighted by Gasteiger charge is 2.28. The van der Waals surface area contributed by atoms with Crippen LogP contribution in [0.1, 0.15) is 43.2 Å². The Morgan fingerprint density at radius 2 is 1.58 bits per heavy atom. The summed E-state index contributed by atoms with van der Waals surface area (Å²) in [4.78, 5) is 0. The van der Waals surface area contributed by atoms with Crippen molar-refractivity contribution in [2.75, 3.05) is 26.2 Å². The number of ether oxygens (including phenoxy) is 1. The molecule has 0 N–H and O–H groups in total. The average Bonchev–Trinajstić information content (AvgIpc) is 2.62. The highest BCUT2D eigenvalue weighted by molar-refractivity contribution is 6.32. The summed E-state index contributed by atoms with van der Waals surface area (Å²) in [5.74, 6) is 0.846. The van der Waals surface area contributed by atoms with Gasteiger partial charge in [-0.3, -0.25) is 0 Å². The van der Waals surface area contributed by atoms with Crippen molar-refractivity contribution in [1.29, 1.82) is 0 Å². The van der Waals surface area contributed by atoms with Gasteiger partial charge in [-0.05, 0) is 44.2 Å². The lowest BCUT2D eigenvalue weighted by atomic mass is 10.0. The molecule has 1 saturated heterocycles. The van der Waals surface area contributed by atoms with E-state index in [2.05, 4.69) is 43.3 Å². The lowest BCUT2D eigenvalue weighted by Gasteiger charge is -2.40. The van der Waals surface area contributed by atoms with Gasteiger partial charge in [-0.1, -0.05) is 60.5 Å². The number of para-hydroxylation sites is 1. The molecule has 0 amide bonds. The summed E-state index contributed by atoms with van der Waals surface area (Å²) in [6.45, 7) is 7.42. The quantitative estimate of drug-likeness (QED) is 0.564. The predicted octanol–water partition coefficient (Wildman–Crippen LogP) is 6.01. The second-order valence-corrected chi connectivity index (χ2v) is 8.07. The van der Waals surface area contributed by atoms with E-state index >= 15 is 0 Å². The van der Waals surface area contributed by atoms with Crippen LogP contribution in [0.5, 0.6) is 5.75 Å². The zero-order valence-electron chi connectivity index (χ0n) is 15.9. The monoisotopic (exact) mass is 372 g/mol. The summed E-state index contributed by atoms with van der Waals surface area (Å²) in [5.41, 5.74) is 2.54. The summed E-state index contributed by atoms with van der Waals surface area (Å²) in [6, 6.07) is 16.9. The highest BCUT2D eigenvalue weighted by atomic mass is 35.5. The number of nitrogens with zero attached hydrogens (tertiary/aromatic N) is 1. The van der Waals surface area contributed by atoms with Crippen LogP contribution in [0.3, 0.4) is 0 Å². The van der Waals surface area contributed by atoms with E-state index in [9.17, 15) is 0 Å². The molecule has 2 nitrogen and oxygen atoms in total. The van der Waals surface area contributed by atoms with Gasteiger partial charge < -0.3 is 9.22 Å². The molecule has 0 spiro atoms. The van der Waals surface area contributed by atoms with Gasteiger partial charge in [0.1, 0.15) is 25.4 Å². The second kappa shape index (κ2) is 9.43. The number of benzene rings is 2. The molecule has 140 valence electrons. The molecule has 2 aromatic rings. The molecular formula is C23H31ClNO+. The van der Waals surface area contributed by atoms with E-state index < -0.39 is 0 Å². The number of rotatable bonds is 6. The molecule has 3 rings (SSSR count). The first-order valence-corrected chi connectivity index (χ1v) is 10.3. The third-order valence-electron chi connectivity index (χ3n) is 5.60. The number of halogens is 1. The molecule has 1 aliphatic heterocycles. The first-order valence-electron chi connectivity index (χ1n) is 9.95. The molecular weight excluding hydrogens is 342 g/mol. The summed E-state index contributed by atoms with van der Waals surface area (Å²) >= 11 is 6.33. The van der Waals surface area contributed by atoms with Crippen LogP contribution in [-0.4, -0.2) is 30.7 Å². The van der Waals surface area contributed by atoms with Gasteiger partial charge in [0.05, 0.1) is 18.1 Å². The van der Waals surface area contributed by atoms with Crippen LogP contribution in [0.15, 0.2) is 48.5 Å². The van der Waals surface area contributed by atoms with Gasteiger partial charge in [0, 0.05) is 5.56 Å². The maximum atomic E-state index is 6.33. The van der Waals surface area contributed by atoms with E-state index in [1.807, 2.05) is 12.1 Å². The fourth-order valence-electron chi connectivity index (χ4n) is 4.11. The van der Waals surface area contributed by atoms with Crippen molar-refractivity contribution in [1.82, 2.24) is 0 Å². The van der Waals surface area contributed by atoms with Crippen molar-refractivity contribution in [3.63, 3.8) is 0 Å². The summed E-state index contributed by atoms with van der Waals surface area (Å²) in [5, 5.41) is 0.715. The van der Waals surface area contributed by atoms with E-state index in [0.29, 0.717) is 5.02 Å². The minimum Gasteiger partial charge on any atom is -0.486 e. The second-order valence-electron chi connectivity index (χ2n) is 7.66. The molecule has 0 bridgehead atoms. The fraction of sp³-hybridized carbons (Fsp3) is 0.478. The Kier molecular flexibility index (Phi) is 6.99. The van der Waals surface area contributed by atoms with Crippen LogP contribution in [0.2, 0.25) is 5.02 Å². The fourth-order valence-corrected chi connectivity index (χ4v) is 4.39. The number of hydrogen-bond acceptors (Lipinski definition) is 1. The van der Waals surface area contributed by atoms with E-state index in [1.54, 1.807) is 0 Å². The van der Waals surface area contributed by atoms with Crippen LogP contribution >= 0.6 is 11.6 Å². The van der Waals surface area contributed by atoms with E-state index in [1.165, 1.54) is 50.8 Å². The van der Waals surface area contributed by atoms with Crippen LogP contribution in [0.4, 0.5) is 0 Å². The lowest BCUT2D eigenvalue weighted by molar-refractivity contribution is -0.941. The number of hydrogen-bond donors (Lipinski definition) is 0. The average molecular weight is 373 g/mol. The topological polar surface area (TPSA) is 9.23 Å². The first kappa shape index (κ1) is 19.3. The van der Waals surface area contributed by atoms with Crippen molar-refractivity contribution in [3.05, 3.63) is 64.7 Å². The number of likely N-dealkylation sites (tertiary alicyclic amines) is 1. The van der Waals surface area contributed by atoms with Crippen molar-refractivity contribution in [2.45, 2.75) is 45.6 Å². The summed E-state index contributed by atoms with van der Waals surface area (Å²) < 4.78 is 7.29. The van der Waals surface area contributed by atoms with Gasteiger partial charge in [-0.15, -0.1) is 0 Å². The molecule has 0 aliphatic carbocycles. The zero-order valence-corrected chi connectivity index (χ0v) is 16.7. The Hall–Kier alpha value is -1.51. The SMILES string of the molecule is Cc1cccc(Cl)c1OCC[N+]1(Cc2ccccc2)CCCCCCC1. The predicted molar refractivity (Wildman–Crippen MR) is 110 cm³/mol. The van der Waals surface area contributed by atoms with Crippen LogP contribution < -0.4 is 4.74 Å². The van der Waals surface area contributed by atoms with Gasteiger partial charge >= 0.3 is 0 Å². The zero-order chi connectivity index (χ0) is 18.2. The Labute approximate surface area is 163 Å². The smallest absolute Gasteiger partial charge is 0.141 e. The molecule has 0 saturated carbocycles. The molecule has 1 aliphatic rings. The molecule has 0 atom stereocenters. The molecule has 2 aromatic carbocycles. The number of aryl methyl sites for hydroxylation is 1. The van der Waals surface area contributed by atoms with E-state index in [0.717, 1.165) is 35.5 Å². The third-order valence-corrected chi connectivity index (χ3v) is 5.90. The van der Waals surface area contributed by atoms with Crippen molar-refractivity contribution >= 4 is 11.6 Å². The molecule has 0 aromatic heterocycles. The Morgan fingerprint density at radius 3 is 2.27 bits per heavy atom. The van der Waals surface area contributed by atoms with Crippen LogP contribution in [0, 0.1) is 6.92 Å².